The van der Waals surface area contributed by atoms with Crippen LogP contribution in [0.4, 0.5) is 0 Å². The van der Waals surface area contributed by atoms with Crippen LogP contribution in [0, 0.1) is 18.8 Å². The number of rotatable bonds is 3. The molecule has 0 aliphatic rings. The molecule has 3 N–H and O–H groups in total. The molecule has 0 saturated heterocycles. The largest absolute Gasteiger partial charge is 0.348 e. The van der Waals surface area contributed by atoms with Gasteiger partial charge in [0.25, 0.3) is 5.91 Å². The van der Waals surface area contributed by atoms with Crippen LogP contribution in [-0.4, -0.2) is 12.5 Å². The van der Waals surface area contributed by atoms with Gasteiger partial charge in [-0.25, -0.2) is 0 Å². The van der Waals surface area contributed by atoms with Crippen molar-refractivity contribution in [2.75, 3.05) is 6.54 Å². The number of aryl methyl sites for hydroxylation is 1. The summed E-state index contributed by atoms with van der Waals surface area (Å²) in [6.45, 7) is 2.89. The van der Waals surface area contributed by atoms with E-state index >= 15 is 0 Å². The molecule has 2 aromatic rings. The Bertz CT molecular complexity index is 664. The summed E-state index contributed by atoms with van der Waals surface area (Å²) in [6.07, 6.45) is 0. The van der Waals surface area contributed by atoms with Gasteiger partial charge in [-0.2, -0.15) is 0 Å². The normalized spacial score (nSPS) is 9.70. The molecule has 0 saturated carbocycles. The summed E-state index contributed by atoms with van der Waals surface area (Å²) in [6, 6.07) is 9.87. The molecule has 1 heterocycles. The van der Waals surface area contributed by atoms with E-state index < -0.39 is 0 Å². The number of hydrogen-bond donors (Lipinski definition) is 2. The highest BCUT2D eigenvalue weighted by atomic mass is 32.1. The molecule has 20 heavy (non-hydrogen) atoms. The van der Waals surface area contributed by atoms with E-state index in [4.69, 9.17) is 5.73 Å². The van der Waals surface area contributed by atoms with Gasteiger partial charge in [0.05, 0.1) is 17.0 Å². The van der Waals surface area contributed by atoms with Gasteiger partial charge in [-0.15, -0.1) is 11.3 Å². The van der Waals surface area contributed by atoms with Crippen LogP contribution in [0.1, 0.15) is 26.4 Å². The number of nitrogens with one attached hydrogen (secondary N) is 1. The molecule has 4 heteroatoms. The highest BCUT2D eigenvalue weighted by Crippen LogP contribution is 2.13. The van der Waals surface area contributed by atoms with E-state index in [2.05, 4.69) is 23.2 Å². The maximum atomic E-state index is 12.0. The fraction of sp³-hybridized carbons (Fsp3) is 0.188. The van der Waals surface area contributed by atoms with E-state index in [1.807, 2.05) is 30.5 Å². The molecular weight excluding hydrogens is 268 g/mol. The van der Waals surface area contributed by atoms with Crippen LogP contribution in [0.15, 0.2) is 35.7 Å². The minimum atomic E-state index is -0.0800. The molecule has 102 valence electrons. The molecule has 1 aromatic heterocycles. The Morgan fingerprint density at radius 1 is 1.40 bits per heavy atom. The lowest BCUT2D eigenvalue weighted by Gasteiger charge is -2.04. The third-order valence-electron chi connectivity index (χ3n) is 2.71. The number of amides is 1. The first-order chi connectivity index (χ1) is 9.69. The van der Waals surface area contributed by atoms with Crippen molar-refractivity contribution in [1.29, 1.82) is 0 Å². The molecule has 0 bridgehead atoms. The number of thiophene rings is 1. The van der Waals surface area contributed by atoms with Crippen molar-refractivity contribution < 1.29 is 4.79 Å². The lowest BCUT2D eigenvalue weighted by atomic mass is 10.1. The van der Waals surface area contributed by atoms with E-state index in [-0.39, 0.29) is 5.91 Å². The highest BCUT2D eigenvalue weighted by Gasteiger charge is 2.07. The fourth-order valence-corrected chi connectivity index (χ4v) is 2.52. The van der Waals surface area contributed by atoms with Crippen molar-refractivity contribution >= 4 is 17.2 Å². The molecule has 0 aliphatic carbocycles. The van der Waals surface area contributed by atoms with Gasteiger partial charge < -0.3 is 11.1 Å². The zero-order chi connectivity index (χ0) is 14.4. The summed E-state index contributed by atoms with van der Waals surface area (Å²) in [4.78, 5) is 12.9. The smallest absolute Gasteiger partial charge is 0.252 e. The average molecular weight is 284 g/mol. The van der Waals surface area contributed by atoms with Crippen LogP contribution >= 0.6 is 11.3 Å². The first kappa shape index (κ1) is 14.3. The molecule has 2 rings (SSSR count). The number of nitrogens with two attached hydrogens (primary N) is 1. The van der Waals surface area contributed by atoms with E-state index in [1.54, 1.807) is 6.07 Å². The lowest BCUT2D eigenvalue weighted by Crippen LogP contribution is -2.22. The summed E-state index contributed by atoms with van der Waals surface area (Å²) < 4.78 is 0. The Morgan fingerprint density at radius 2 is 2.25 bits per heavy atom. The van der Waals surface area contributed by atoms with Crippen LogP contribution in [0.25, 0.3) is 0 Å². The summed E-state index contributed by atoms with van der Waals surface area (Å²) in [7, 11) is 0. The van der Waals surface area contributed by atoms with Crippen molar-refractivity contribution in [3.63, 3.8) is 0 Å². The zero-order valence-corrected chi connectivity index (χ0v) is 12.1. The van der Waals surface area contributed by atoms with Gasteiger partial charge in [-0.3, -0.25) is 4.79 Å². The minimum Gasteiger partial charge on any atom is -0.348 e. The molecule has 0 unspecified atom stereocenters. The highest BCUT2D eigenvalue weighted by molar-refractivity contribution is 7.10. The van der Waals surface area contributed by atoms with Crippen molar-refractivity contribution in [2.24, 2.45) is 5.73 Å². The van der Waals surface area contributed by atoms with Gasteiger partial charge in [0.15, 0.2) is 0 Å². The lowest BCUT2D eigenvalue weighted by molar-refractivity contribution is 0.0951. The number of carbonyl (C=O) groups excluding carboxylic acids is 1. The quantitative estimate of drug-likeness (QED) is 0.850. The summed E-state index contributed by atoms with van der Waals surface area (Å²) in [5.41, 5.74) is 8.24. The van der Waals surface area contributed by atoms with Gasteiger partial charge in [-0.05, 0) is 18.6 Å². The van der Waals surface area contributed by atoms with Gasteiger partial charge in [0, 0.05) is 11.9 Å². The van der Waals surface area contributed by atoms with Crippen molar-refractivity contribution in [2.45, 2.75) is 13.5 Å². The summed E-state index contributed by atoms with van der Waals surface area (Å²) in [5, 5.41) is 4.72. The SMILES string of the molecule is Cc1cccc(CNC(=O)c2csc(C#CCN)c2)c1. The van der Waals surface area contributed by atoms with Crippen LogP contribution in [0.3, 0.4) is 0 Å². The Hall–Kier alpha value is -2.09. The van der Waals surface area contributed by atoms with E-state index in [9.17, 15) is 4.79 Å². The van der Waals surface area contributed by atoms with Crippen molar-refractivity contribution in [3.05, 3.63) is 57.3 Å². The van der Waals surface area contributed by atoms with Gasteiger partial charge >= 0.3 is 0 Å². The fourth-order valence-electron chi connectivity index (χ4n) is 1.77. The molecule has 1 aromatic carbocycles. The second-order valence-electron chi connectivity index (χ2n) is 4.38. The number of carbonyl (C=O) groups is 1. The maximum absolute atomic E-state index is 12.0. The van der Waals surface area contributed by atoms with Gasteiger partial charge in [0.2, 0.25) is 0 Å². The predicted octanol–water partition coefficient (Wildman–Crippen LogP) is 2.30. The van der Waals surface area contributed by atoms with Crippen LogP contribution in [0.2, 0.25) is 0 Å². The molecular formula is C16H16N2OS. The molecule has 0 atom stereocenters. The zero-order valence-electron chi connectivity index (χ0n) is 11.3. The molecule has 1 amide bonds. The molecule has 3 nitrogen and oxygen atoms in total. The second kappa shape index (κ2) is 6.90. The first-order valence-corrected chi connectivity index (χ1v) is 7.18. The Morgan fingerprint density at radius 3 is 3.00 bits per heavy atom. The molecule has 0 aliphatic heterocycles. The Labute approximate surface area is 122 Å². The molecule has 0 spiro atoms. The standard InChI is InChI=1S/C16H16N2OS/c1-12-4-2-5-13(8-12)10-18-16(19)14-9-15(20-11-14)6-3-7-17/h2,4-5,8-9,11H,7,10,17H2,1H3,(H,18,19). The van der Waals surface area contributed by atoms with E-state index in [1.165, 1.54) is 16.9 Å². The van der Waals surface area contributed by atoms with E-state index in [0.29, 0.717) is 18.7 Å². The molecule has 0 fully saturated rings. The molecule has 0 radical (unpaired) electrons. The van der Waals surface area contributed by atoms with Crippen LogP contribution in [-0.2, 0) is 6.54 Å². The monoisotopic (exact) mass is 284 g/mol. The van der Waals surface area contributed by atoms with Crippen molar-refractivity contribution in [1.82, 2.24) is 5.32 Å². The van der Waals surface area contributed by atoms with Crippen LogP contribution in [0.5, 0.6) is 0 Å². The first-order valence-electron chi connectivity index (χ1n) is 6.30. The third-order valence-corrected chi connectivity index (χ3v) is 3.56. The third kappa shape index (κ3) is 3.95. The Balaban J connectivity index is 1.96. The van der Waals surface area contributed by atoms with E-state index in [0.717, 1.165) is 10.4 Å². The van der Waals surface area contributed by atoms with Gasteiger partial charge in [0.1, 0.15) is 0 Å². The second-order valence-corrected chi connectivity index (χ2v) is 5.29. The topological polar surface area (TPSA) is 55.1 Å². The van der Waals surface area contributed by atoms with Crippen LogP contribution < -0.4 is 11.1 Å². The average Bonchev–Trinajstić information content (AvgIpc) is 2.91. The Kier molecular flexibility index (Phi) is 4.94. The van der Waals surface area contributed by atoms with Crippen molar-refractivity contribution in [3.8, 4) is 11.8 Å². The minimum absolute atomic E-state index is 0.0800. The summed E-state index contributed by atoms with van der Waals surface area (Å²) >= 11 is 1.45. The number of benzene rings is 1. The number of hydrogen-bond acceptors (Lipinski definition) is 3. The predicted molar refractivity (Wildman–Crippen MR) is 82.6 cm³/mol. The van der Waals surface area contributed by atoms with Gasteiger partial charge in [-0.1, -0.05) is 41.7 Å². The maximum Gasteiger partial charge on any atom is 0.252 e. The summed E-state index contributed by atoms with van der Waals surface area (Å²) in [5.74, 6) is 5.62.